The molecule has 0 spiro atoms. The van der Waals surface area contributed by atoms with E-state index in [1.807, 2.05) is 30.5 Å². The number of thiazole rings is 1. The van der Waals surface area contributed by atoms with E-state index in [1.54, 1.807) is 7.11 Å². The molecule has 3 rings (SSSR count). The number of halogens is 1. The lowest BCUT2D eigenvalue weighted by molar-refractivity contribution is -0.384. The monoisotopic (exact) mass is 403 g/mol. The van der Waals surface area contributed by atoms with E-state index in [9.17, 15) is 14.9 Å². The number of carbonyl (C=O) groups excluding carboxylic acids is 1. The van der Waals surface area contributed by atoms with Crippen LogP contribution in [0.5, 0.6) is 5.75 Å². The Morgan fingerprint density at radius 2 is 2.07 bits per heavy atom. The van der Waals surface area contributed by atoms with E-state index in [4.69, 9.17) is 16.3 Å². The Balaban J connectivity index is 1.83. The largest absolute Gasteiger partial charge is 0.496 e. The van der Waals surface area contributed by atoms with Gasteiger partial charge in [-0.2, -0.15) is 0 Å². The Morgan fingerprint density at radius 3 is 2.74 bits per heavy atom. The molecule has 1 N–H and O–H groups in total. The van der Waals surface area contributed by atoms with Gasteiger partial charge in [0.2, 0.25) is 0 Å². The van der Waals surface area contributed by atoms with Crippen molar-refractivity contribution < 1.29 is 14.5 Å². The van der Waals surface area contributed by atoms with Crippen LogP contribution in [0.15, 0.2) is 41.8 Å². The average Bonchev–Trinajstić information content (AvgIpc) is 3.09. The van der Waals surface area contributed by atoms with Gasteiger partial charge >= 0.3 is 0 Å². The van der Waals surface area contributed by atoms with Crippen molar-refractivity contribution in [3.8, 4) is 17.0 Å². The van der Waals surface area contributed by atoms with Gasteiger partial charge in [0, 0.05) is 23.1 Å². The number of nitro groups is 1. The molecular weight excluding hydrogens is 390 g/mol. The van der Waals surface area contributed by atoms with Crippen LogP contribution in [0.2, 0.25) is 5.02 Å². The number of methoxy groups -OCH3 is 1. The van der Waals surface area contributed by atoms with E-state index in [2.05, 4.69) is 10.3 Å². The molecule has 0 aliphatic heterocycles. The molecule has 0 aliphatic rings. The van der Waals surface area contributed by atoms with Gasteiger partial charge in [-0.05, 0) is 25.1 Å². The van der Waals surface area contributed by atoms with Crippen molar-refractivity contribution >= 4 is 39.7 Å². The molecule has 3 aromatic rings. The Labute approximate surface area is 163 Å². The molecule has 0 aliphatic carbocycles. The summed E-state index contributed by atoms with van der Waals surface area (Å²) < 4.78 is 5.37. The van der Waals surface area contributed by atoms with E-state index in [1.165, 1.54) is 23.5 Å². The Bertz CT molecular complexity index is 1040. The van der Waals surface area contributed by atoms with Gasteiger partial charge < -0.3 is 4.74 Å². The van der Waals surface area contributed by atoms with Gasteiger partial charge in [0.15, 0.2) is 5.13 Å². The van der Waals surface area contributed by atoms with E-state index in [0.717, 1.165) is 17.2 Å². The maximum Gasteiger partial charge on any atom is 0.270 e. The van der Waals surface area contributed by atoms with Gasteiger partial charge in [-0.3, -0.25) is 20.2 Å². The van der Waals surface area contributed by atoms with Gasteiger partial charge in [-0.25, -0.2) is 4.98 Å². The minimum atomic E-state index is -0.574. The highest BCUT2D eigenvalue weighted by atomic mass is 35.5. The molecule has 1 amide bonds. The third-order valence-electron chi connectivity index (χ3n) is 3.76. The fraction of sp³-hybridized carbons (Fsp3) is 0.111. The highest BCUT2D eigenvalue weighted by Gasteiger charge is 2.17. The third kappa shape index (κ3) is 4.07. The van der Waals surface area contributed by atoms with E-state index >= 15 is 0 Å². The zero-order valence-corrected chi connectivity index (χ0v) is 15.9. The van der Waals surface area contributed by atoms with Gasteiger partial charge in [-0.15, -0.1) is 11.3 Å². The number of ether oxygens (including phenoxy) is 1. The van der Waals surface area contributed by atoms with Crippen LogP contribution in [0.3, 0.4) is 0 Å². The molecule has 0 unspecified atom stereocenters. The number of carbonyl (C=O) groups is 1. The van der Waals surface area contributed by atoms with Crippen LogP contribution in [-0.2, 0) is 0 Å². The second kappa shape index (κ2) is 7.73. The first-order valence-electron chi connectivity index (χ1n) is 7.75. The van der Waals surface area contributed by atoms with Gasteiger partial charge in [-0.1, -0.05) is 23.2 Å². The molecule has 0 bridgehead atoms. The van der Waals surface area contributed by atoms with Crippen molar-refractivity contribution in [1.29, 1.82) is 0 Å². The molecule has 9 heteroatoms. The highest BCUT2D eigenvalue weighted by Crippen LogP contribution is 2.33. The summed E-state index contributed by atoms with van der Waals surface area (Å²) in [5, 5.41) is 15.6. The van der Waals surface area contributed by atoms with Gasteiger partial charge in [0.25, 0.3) is 11.6 Å². The van der Waals surface area contributed by atoms with E-state index < -0.39 is 10.8 Å². The number of aromatic nitrogens is 1. The summed E-state index contributed by atoms with van der Waals surface area (Å²) >= 11 is 7.25. The fourth-order valence-corrected chi connectivity index (χ4v) is 3.41. The summed E-state index contributed by atoms with van der Waals surface area (Å²) in [6.45, 7) is 1.97. The molecule has 0 saturated carbocycles. The number of nitrogens with zero attached hydrogens (tertiary/aromatic N) is 2. The summed E-state index contributed by atoms with van der Waals surface area (Å²) in [5.41, 5.74) is 2.50. The molecule has 27 heavy (non-hydrogen) atoms. The molecule has 1 heterocycles. The number of non-ortho nitro benzene ring substituents is 1. The number of hydrogen-bond donors (Lipinski definition) is 1. The number of amides is 1. The maximum absolute atomic E-state index is 12.4. The smallest absolute Gasteiger partial charge is 0.270 e. The number of nitro benzene ring substituents is 1. The van der Waals surface area contributed by atoms with Crippen LogP contribution in [0.25, 0.3) is 11.3 Å². The number of benzene rings is 2. The molecule has 0 fully saturated rings. The summed E-state index contributed by atoms with van der Waals surface area (Å²) in [7, 11) is 1.58. The lowest BCUT2D eigenvalue weighted by atomic mass is 10.1. The standard InChI is InChI=1S/C18H14ClN3O4S/c1-10-3-6-16(26-2)13(7-10)15-9-27-18(20-15)21-17(23)12-5-4-11(22(24)25)8-14(12)19/h3-9H,1-2H3,(H,20,21,23). The molecule has 0 radical (unpaired) electrons. The van der Waals surface area contributed by atoms with Crippen LogP contribution in [0.4, 0.5) is 10.8 Å². The topological polar surface area (TPSA) is 94.4 Å². The van der Waals surface area contributed by atoms with Crippen LogP contribution in [-0.4, -0.2) is 22.9 Å². The van der Waals surface area contributed by atoms with Crippen LogP contribution < -0.4 is 10.1 Å². The number of anilines is 1. The summed E-state index contributed by atoms with van der Waals surface area (Å²) in [4.78, 5) is 27.0. The zero-order valence-electron chi connectivity index (χ0n) is 14.4. The number of rotatable bonds is 5. The second-order valence-corrected chi connectivity index (χ2v) is 6.88. The molecule has 0 saturated heterocycles. The van der Waals surface area contributed by atoms with Crippen molar-refractivity contribution in [1.82, 2.24) is 4.98 Å². The van der Waals surface area contributed by atoms with Crippen LogP contribution in [0.1, 0.15) is 15.9 Å². The predicted molar refractivity (Wildman–Crippen MR) is 105 cm³/mol. The van der Waals surface area contributed by atoms with Crippen molar-refractivity contribution in [2.24, 2.45) is 0 Å². The number of aryl methyl sites for hydroxylation is 1. The minimum Gasteiger partial charge on any atom is -0.496 e. The van der Waals surface area contributed by atoms with E-state index in [0.29, 0.717) is 16.6 Å². The second-order valence-electron chi connectivity index (χ2n) is 5.62. The first-order valence-corrected chi connectivity index (χ1v) is 9.00. The number of hydrogen-bond acceptors (Lipinski definition) is 6. The molecule has 138 valence electrons. The minimum absolute atomic E-state index is 0.00108. The Hall–Kier alpha value is -2.97. The summed E-state index contributed by atoms with van der Waals surface area (Å²) in [6, 6.07) is 9.43. The Morgan fingerprint density at radius 1 is 1.30 bits per heavy atom. The van der Waals surface area contributed by atoms with E-state index in [-0.39, 0.29) is 16.3 Å². The van der Waals surface area contributed by atoms with Gasteiger partial charge in [0.05, 0.1) is 28.3 Å². The van der Waals surface area contributed by atoms with Crippen molar-refractivity contribution in [2.75, 3.05) is 12.4 Å². The molecular formula is C18H14ClN3O4S. The predicted octanol–water partition coefficient (Wildman–Crippen LogP) is 4.94. The van der Waals surface area contributed by atoms with Gasteiger partial charge in [0.1, 0.15) is 5.75 Å². The quantitative estimate of drug-likeness (QED) is 0.481. The number of nitrogens with one attached hydrogen (secondary N) is 1. The van der Waals surface area contributed by atoms with Crippen molar-refractivity contribution in [2.45, 2.75) is 6.92 Å². The Kier molecular flexibility index (Phi) is 5.38. The maximum atomic E-state index is 12.4. The molecule has 1 aromatic heterocycles. The third-order valence-corrected chi connectivity index (χ3v) is 4.83. The summed E-state index contributed by atoms with van der Waals surface area (Å²) in [5.74, 6) is 0.189. The first-order chi connectivity index (χ1) is 12.9. The van der Waals surface area contributed by atoms with Crippen LogP contribution in [0, 0.1) is 17.0 Å². The zero-order chi connectivity index (χ0) is 19.6. The lowest BCUT2D eigenvalue weighted by Crippen LogP contribution is -2.12. The molecule has 0 atom stereocenters. The fourth-order valence-electron chi connectivity index (χ4n) is 2.44. The SMILES string of the molecule is COc1ccc(C)cc1-c1csc(NC(=O)c2ccc([N+](=O)[O-])cc2Cl)n1. The first kappa shape index (κ1) is 18.8. The van der Waals surface area contributed by atoms with Crippen LogP contribution >= 0.6 is 22.9 Å². The highest BCUT2D eigenvalue weighted by molar-refractivity contribution is 7.14. The van der Waals surface area contributed by atoms with Crippen molar-refractivity contribution in [3.05, 3.63) is 68.0 Å². The molecule has 7 nitrogen and oxygen atoms in total. The average molecular weight is 404 g/mol. The molecule has 2 aromatic carbocycles. The normalized spacial score (nSPS) is 10.5. The lowest BCUT2D eigenvalue weighted by Gasteiger charge is -2.07. The summed E-state index contributed by atoms with van der Waals surface area (Å²) in [6.07, 6.45) is 0. The van der Waals surface area contributed by atoms with Crippen molar-refractivity contribution in [3.63, 3.8) is 0 Å².